The fraction of sp³-hybridized carbons (Fsp3) is 0.316. The number of amides is 1. The molecule has 1 aliphatic rings. The van der Waals surface area contributed by atoms with Gasteiger partial charge >= 0.3 is 0 Å². The molecule has 6 nitrogen and oxygen atoms in total. The van der Waals surface area contributed by atoms with Crippen molar-refractivity contribution in [2.45, 2.75) is 18.9 Å². The maximum atomic E-state index is 13.3. The summed E-state index contributed by atoms with van der Waals surface area (Å²) in [6, 6.07) is 9.02. The van der Waals surface area contributed by atoms with Crippen LogP contribution in [0, 0.1) is 0 Å². The van der Waals surface area contributed by atoms with Crippen LogP contribution >= 0.6 is 0 Å². The van der Waals surface area contributed by atoms with Gasteiger partial charge in [-0.25, -0.2) is 0 Å². The van der Waals surface area contributed by atoms with Crippen LogP contribution in [0.5, 0.6) is 0 Å². The lowest BCUT2D eigenvalue weighted by molar-refractivity contribution is 0.0737. The molecule has 0 spiro atoms. The lowest BCUT2D eigenvalue weighted by atomic mass is 10.1. The van der Waals surface area contributed by atoms with Gasteiger partial charge in [-0.3, -0.25) is 14.3 Å². The number of likely N-dealkylation sites (tertiary alicyclic amines) is 1. The van der Waals surface area contributed by atoms with E-state index in [1.54, 1.807) is 16.3 Å². The number of hydrogen-bond donors (Lipinski definition) is 0. The van der Waals surface area contributed by atoms with Crippen LogP contribution in [0.1, 0.15) is 34.8 Å². The van der Waals surface area contributed by atoms with E-state index in [2.05, 4.69) is 5.10 Å². The van der Waals surface area contributed by atoms with E-state index >= 15 is 0 Å². The Morgan fingerprint density at radius 3 is 2.80 bits per heavy atom. The molecule has 3 heterocycles. The molecule has 1 aromatic carbocycles. The highest BCUT2D eigenvalue weighted by Crippen LogP contribution is 2.33. The molecule has 3 aromatic rings. The number of rotatable bonds is 2. The van der Waals surface area contributed by atoms with Gasteiger partial charge in [0.05, 0.1) is 23.3 Å². The molecule has 6 heteroatoms. The Hall–Kier alpha value is -2.89. The number of carbonyl (C=O) groups excluding carboxylic acids is 1. The zero-order chi connectivity index (χ0) is 17.6. The highest BCUT2D eigenvalue weighted by molar-refractivity contribution is 6.06. The second kappa shape index (κ2) is 5.88. The van der Waals surface area contributed by atoms with Gasteiger partial charge < -0.3 is 9.47 Å². The molecule has 1 amide bonds. The quantitative estimate of drug-likeness (QED) is 0.721. The molecule has 0 bridgehead atoms. The maximum Gasteiger partial charge on any atom is 0.255 e. The maximum absolute atomic E-state index is 13.3. The van der Waals surface area contributed by atoms with E-state index in [0.29, 0.717) is 12.1 Å². The lowest BCUT2D eigenvalue weighted by Gasteiger charge is -2.24. The van der Waals surface area contributed by atoms with E-state index in [1.165, 1.54) is 6.07 Å². The number of aromatic nitrogens is 3. The topological polar surface area (TPSA) is 60.1 Å². The first-order valence-corrected chi connectivity index (χ1v) is 8.44. The Kier molecular flexibility index (Phi) is 3.67. The molecule has 2 aromatic heterocycles. The molecule has 0 radical (unpaired) electrons. The molecular formula is C19H20N4O2. The summed E-state index contributed by atoms with van der Waals surface area (Å²) in [6.45, 7) is 0.696. The van der Waals surface area contributed by atoms with Gasteiger partial charge in [-0.05, 0) is 18.9 Å². The van der Waals surface area contributed by atoms with E-state index < -0.39 is 0 Å². The zero-order valence-corrected chi connectivity index (χ0v) is 14.3. The van der Waals surface area contributed by atoms with E-state index in [9.17, 15) is 9.59 Å². The summed E-state index contributed by atoms with van der Waals surface area (Å²) < 4.78 is 3.33. The third kappa shape index (κ3) is 2.54. The molecule has 0 unspecified atom stereocenters. The Morgan fingerprint density at radius 1 is 1.24 bits per heavy atom. The summed E-state index contributed by atoms with van der Waals surface area (Å²) in [6.07, 6.45) is 5.64. The first-order chi connectivity index (χ1) is 12.1. The predicted octanol–water partition coefficient (Wildman–Crippen LogP) is 2.25. The number of fused-ring (bicyclic) bond motifs is 1. The van der Waals surface area contributed by atoms with E-state index in [4.69, 9.17) is 0 Å². The molecule has 1 fully saturated rings. The first-order valence-electron chi connectivity index (χ1n) is 8.44. The molecular weight excluding hydrogens is 316 g/mol. The van der Waals surface area contributed by atoms with Gasteiger partial charge in [-0.1, -0.05) is 18.2 Å². The highest BCUT2D eigenvalue weighted by atomic mass is 16.2. The molecule has 1 atom stereocenters. The number of benzene rings is 1. The third-order valence-corrected chi connectivity index (χ3v) is 5.01. The average Bonchev–Trinajstić information content (AvgIpc) is 3.26. The normalized spacial score (nSPS) is 17.4. The lowest BCUT2D eigenvalue weighted by Crippen LogP contribution is -2.32. The van der Waals surface area contributed by atoms with Crippen molar-refractivity contribution in [3.63, 3.8) is 0 Å². The molecule has 1 aliphatic heterocycles. The minimum atomic E-state index is -0.167. The Morgan fingerprint density at radius 2 is 2.04 bits per heavy atom. The minimum absolute atomic E-state index is 0.0176. The van der Waals surface area contributed by atoms with Crippen LogP contribution in [0.3, 0.4) is 0 Å². The summed E-state index contributed by atoms with van der Waals surface area (Å²) in [5.74, 6) is -0.0831. The van der Waals surface area contributed by atoms with Gasteiger partial charge in [0.15, 0.2) is 0 Å². The molecule has 1 saturated heterocycles. The number of carbonyl (C=O) groups is 1. The predicted molar refractivity (Wildman–Crippen MR) is 95.4 cm³/mol. The Bertz CT molecular complexity index is 1020. The molecule has 128 valence electrons. The van der Waals surface area contributed by atoms with Gasteiger partial charge in [0.2, 0.25) is 0 Å². The highest BCUT2D eigenvalue weighted by Gasteiger charge is 2.32. The van der Waals surface area contributed by atoms with Gasteiger partial charge in [0.1, 0.15) is 0 Å². The number of aryl methyl sites for hydroxylation is 2. The fourth-order valence-corrected chi connectivity index (χ4v) is 3.71. The van der Waals surface area contributed by atoms with Crippen LogP contribution in [-0.4, -0.2) is 31.7 Å². The third-order valence-electron chi connectivity index (χ3n) is 5.01. The first kappa shape index (κ1) is 15.6. The molecule has 25 heavy (non-hydrogen) atoms. The van der Waals surface area contributed by atoms with Crippen molar-refractivity contribution >= 4 is 16.8 Å². The number of pyridine rings is 1. The SMILES string of the molecule is Cn1cc([C@@H]2CCCN2C(=O)c2cc(=O)n(C)c3ccccc23)cn1. The monoisotopic (exact) mass is 336 g/mol. The van der Waals surface area contributed by atoms with Crippen molar-refractivity contribution in [2.75, 3.05) is 6.54 Å². The summed E-state index contributed by atoms with van der Waals surface area (Å²) in [4.78, 5) is 27.4. The van der Waals surface area contributed by atoms with Crippen molar-refractivity contribution < 1.29 is 4.79 Å². The summed E-state index contributed by atoms with van der Waals surface area (Å²) >= 11 is 0. The van der Waals surface area contributed by atoms with Crippen molar-refractivity contribution in [1.29, 1.82) is 0 Å². The van der Waals surface area contributed by atoms with Gasteiger partial charge in [0.25, 0.3) is 11.5 Å². The second-order valence-corrected chi connectivity index (χ2v) is 6.58. The minimum Gasteiger partial charge on any atom is -0.331 e. The Labute approximate surface area is 145 Å². The smallest absolute Gasteiger partial charge is 0.255 e. The number of hydrogen-bond acceptors (Lipinski definition) is 3. The largest absolute Gasteiger partial charge is 0.331 e. The van der Waals surface area contributed by atoms with Crippen LogP contribution in [0.2, 0.25) is 0 Å². The van der Waals surface area contributed by atoms with Crippen LogP contribution in [0.25, 0.3) is 10.9 Å². The van der Waals surface area contributed by atoms with Gasteiger partial charge in [-0.15, -0.1) is 0 Å². The van der Waals surface area contributed by atoms with Crippen molar-refractivity contribution in [2.24, 2.45) is 14.1 Å². The summed E-state index contributed by atoms with van der Waals surface area (Å²) in [7, 11) is 3.60. The van der Waals surface area contributed by atoms with E-state index in [-0.39, 0.29) is 17.5 Å². The molecule has 4 rings (SSSR count). The standard InChI is InChI=1S/C19H20N4O2/c1-21-12-13(11-20-21)16-8-5-9-23(16)19(25)15-10-18(24)22(2)17-7-4-3-6-14(15)17/h3-4,6-7,10-12,16H,5,8-9H2,1-2H3/t16-/m0/s1. The van der Waals surface area contributed by atoms with E-state index in [1.807, 2.05) is 48.6 Å². The fourth-order valence-electron chi connectivity index (χ4n) is 3.71. The second-order valence-electron chi connectivity index (χ2n) is 6.58. The van der Waals surface area contributed by atoms with Crippen LogP contribution in [-0.2, 0) is 14.1 Å². The average molecular weight is 336 g/mol. The summed E-state index contributed by atoms with van der Waals surface area (Å²) in [5.41, 5.74) is 2.13. The summed E-state index contributed by atoms with van der Waals surface area (Å²) in [5, 5.41) is 5.04. The van der Waals surface area contributed by atoms with Crippen LogP contribution in [0.4, 0.5) is 0 Å². The van der Waals surface area contributed by atoms with Gasteiger partial charge in [-0.2, -0.15) is 5.10 Å². The van der Waals surface area contributed by atoms with Crippen molar-refractivity contribution in [1.82, 2.24) is 19.2 Å². The molecule has 0 N–H and O–H groups in total. The van der Waals surface area contributed by atoms with E-state index in [0.717, 1.165) is 29.3 Å². The van der Waals surface area contributed by atoms with Crippen LogP contribution in [0.15, 0.2) is 47.5 Å². The number of nitrogens with zero attached hydrogens (tertiary/aromatic N) is 4. The van der Waals surface area contributed by atoms with Gasteiger partial charge in [0, 0.05) is 43.9 Å². The Balaban J connectivity index is 1.80. The number of para-hydroxylation sites is 1. The molecule has 0 saturated carbocycles. The van der Waals surface area contributed by atoms with Crippen molar-refractivity contribution in [3.8, 4) is 0 Å². The van der Waals surface area contributed by atoms with Crippen LogP contribution < -0.4 is 5.56 Å². The van der Waals surface area contributed by atoms with Crippen molar-refractivity contribution in [3.05, 3.63) is 64.2 Å². The zero-order valence-electron chi connectivity index (χ0n) is 14.3. The molecule has 0 aliphatic carbocycles.